The van der Waals surface area contributed by atoms with Crippen molar-refractivity contribution < 1.29 is 24.2 Å². The highest BCUT2D eigenvalue weighted by molar-refractivity contribution is 5.76. The molecule has 9 heteroatoms. The standard InChI is InChI=1S/C22H42N6O3/c1-20(29)7-4-5-8-22(31)25-11-14-27(13-10-23-2)18-21(30)17-24-9-6-12-28-16-15-26(3)19-28/h15-16,19,21,23-24,30H,4-14,17-18H2,1-3H3/p+2. The summed E-state index contributed by atoms with van der Waals surface area (Å²) in [5, 5.41) is 19.9. The number of rotatable bonds is 19. The minimum absolute atomic E-state index is 0.0371. The summed E-state index contributed by atoms with van der Waals surface area (Å²) in [7, 11) is 3.93. The smallest absolute Gasteiger partial charge is 0.243 e. The molecule has 0 aliphatic carbocycles. The van der Waals surface area contributed by atoms with E-state index in [2.05, 4.69) is 33.0 Å². The molecule has 1 rings (SSSR count). The van der Waals surface area contributed by atoms with Crippen LogP contribution < -0.4 is 25.4 Å². The number of hydrogen-bond acceptors (Lipinski definition) is 5. The van der Waals surface area contributed by atoms with Crippen molar-refractivity contribution in [2.75, 3.05) is 52.9 Å². The number of carbonyl (C=O) groups excluding carboxylic acids is 2. The Morgan fingerprint density at radius 2 is 1.87 bits per heavy atom. The molecule has 0 bridgehead atoms. The molecule has 1 aromatic rings. The van der Waals surface area contributed by atoms with Crippen LogP contribution in [0.1, 0.15) is 39.0 Å². The van der Waals surface area contributed by atoms with E-state index in [4.69, 9.17) is 0 Å². The van der Waals surface area contributed by atoms with Gasteiger partial charge in [0, 0.05) is 25.9 Å². The van der Waals surface area contributed by atoms with Crippen molar-refractivity contribution in [3.63, 3.8) is 0 Å². The number of nitrogens with one attached hydrogen (secondary N) is 4. The molecule has 1 aromatic heterocycles. The molecule has 1 heterocycles. The van der Waals surface area contributed by atoms with E-state index >= 15 is 0 Å². The first kappa shape index (κ1) is 27.2. The van der Waals surface area contributed by atoms with Gasteiger partial charge in [-0.15, -0.1) is 0 Å². The molecular weight excluding hydrogens is 396 g/mol. The number of aliphatic hydroxyl groups excluding tert-OH is 1. The van der Waals surface area contributed by atoms with Crippen LogP contribution in [0.5, 0.6) is 0 Å². The maximum Gasteiger partial charge on any atom is 0.243 e. The summed E-state index contributed by atoms with van der Waals surface area (Å²) in [4.78, 5) is 24.1. The zero-order valence-electron chi connectivity index (χ0n) is 19.7. The number of ketones is 1. The molecule has 1 amide bonds. The fourth-order valence-corrected chi connectivity index (χ4v) is 3.45. The van der Waals surface area contributed by atoms with E-state index in [1.54, 1.807) is 6.92 Å². The van der Waals surface area contributed by atoms with E-state index in [0.717, 1.165) is 52.0 Å². The van der Waals surface area contributed by atoms with Crippen LogP contribution in [0.4, 0.5) is 0 Å². The number of hydrogen-bond donors (Lipinski definition) is 5. The van der Waals surface area contributed by atoms with Gasteiger partial charge in [-0.1, -0.05) is 0 Å². The third-order valence-corrected chi connectivity index (χ3v) is 5.21. The van der Waals surface area contributed by atoms with Crippen molar-refractivity contribution in [1.82, 2.24) is 20.5 Å². The molecule has 9 nitrogen and oxygen atoms in total. The Labute approximate surface area is 187 Å². The van der Waals surface area contributed by atoms with Crippen LogP contribution in [0.3, 0.4) is 0 Å². The average molecular weight is 441 g/mol. The first-order valence-electron chi connectivity index (χ1n) is 11.5. The molecule has 0 aliphatic rings. The van der Waals surface area contributed by atoms with Crippen LogP contribution in [0.2, 0.25) is 0 Å². The van der Waals surface area contributed by atoms with Crippen molar-refractivity contribution in [2.45, 2.75) is 51.7 Å². The van der Waals surface area contributed by atoms with Crippen LogP contribution >= 0.6 is 0 Å². The summed E-state index contributed by atoms with van der Waals surface area (Å²) in [6.45, 7) is 7.76. The number of aromatic nitrogens is 2. The van der Waals surface area contributed by atoms with Gasteiger partial charge in [-0.3, -0.25) is 4.79 Å². The Hall–Kier alpha value is -1.81. The third kappa shape index (κ3) is 14.8. The fourth-order valence-electron chi connectivity index (χ4n) is 3.45. The van der Waals surface area contributed by atoms with Gasteiger partial charge >= 0.3 is 0 Å². The zero-order valence-corrected chi connectivity index (χ0v) is 19.7. The normalized spacial score (nSPS) is 13.2. The lowest BCUT2D eigenvalue weighted by atomic mass is 10.1. The molecule has 0 fully saturated rings. The molecule has 0 saturated carbocycles. The van der Waals surface area contributed by atoms with Crippen LogP contribution in [-0.2, 0) is 23.2 Å². The molecule has 31 heavy (non-hydrogen) atoms. The Bertz CT molecular complexity index is 622. The highest BCUT2D eigenvalue weighted by atomic mass is 16.3. The number of carbonyl (C=O) groups is 2. The Morgan fingerprint density at radius 3 is 2.55 bits per heavy atom. The SMILES string of the molecule is CNCC[NH+](CCNC(=O)CCCCC(C)=O)CC(O)CNCCCn1cc[n+](C)c1. The minimum atomic E-state index is -0.418. The summed E-state index contributed by atoms with van der Waals surface area (Å²) >= 11 is 0. The fraction of sp³-hybridized carbons (Fsp3) is 0.773. The molecule has 0 aromatic carbocycles. The van der Waals surface area contributed by atoms with Crippen LogP contribution in [0.25, 0.3) is 0 Å². The maximum absolute atomic E-state index is 11.9. The summed E-state index contributed by atoms with van der Waals surface area (Å²) in [6.07, 6.45) is 9.26. The predicted molar refractivity (Wildman–Crippen MR) is 121 cm³/mol. The molecule has 0 spiro atoms. The molecule has 2 unspecified atom stereocenters. The van der Waals surface area contributed by atoms with E-state index in [9.17, 15) is 14.7 Å². The van der Waals surface area contributed by atoms with Gasteiger partial charge < -0.3 is 30.8 Å². The number of unbranched alkanes of at least 4 members (excludes halogenated alkanes) is 1. The van der Waals surface area contributed by atoms with Crippen LogP contribution in [-0.4, -0.2) is 80.3 Å². The number of amides is 1. The van der Waals surface area contributed by atoms with Gasteiger partial charge in [0.1, 0.15) is 30.8 Å². The lowest BCUT2D eigenvalue weighted by Crippen LogP contribution is -3.14. The highest BCUT2D eigenvalue weighted by Gasteiger charge is 2.15. The van der Waals surface area contributed by atoms with Crippen LogP contribution in [0, 0.1) is 0 Å². The van der Waals surface area contributed by atoms with E-state index in [-0.39, 0.29) is 11.7 Å². The molecule has 0 saturated heterocycles. The largest absolute Gasteiger partial charge is 0.386 e. The number of imidazole rings is 1. The second-order valence-corrected chi connectivity index (χ2v) is 8.35. The molecule has 178 valence electrons. The first-order valence-corrected chi connectivity index (χ1v) is 11.5. The lowest BCUT2D eigenvalue weighted by Gasteiger charge is -2.22. The molecule has 0 radical (unpaired) electrons. The van der Waals surface area contributed by atoms with E-state index in [1.807, 2.05) is 24.9 Å². The number of likely N-dealkylation sites (N-methyl/N-ethyl adjacent to an activating group) is 1. The number of quaternary nitrogens is 1. The van der Waals surface area contributed by atoms with E-state index < -0.39 is 6.10 Å². The quantitative estimate of drug-likeness (QED) is 0.127. The minimum Gasteiger partial charge on any atom is -0.386 e. The highest BCUT2D eigenvalue weighted by Crippen LogP contribution is 1.99. The van der Waals surface area contributed by atoms with Gasteiger partial charge in [0.25, 0.3) is 0 Å². The molecular formula is C22H44N6O3+2. The summed E-state index contributed by atoms with van der Waals surface area (Å²) in [6, 6.07) is 0. The van der Waals surface area contributed by atoms with Crippen molar-refractivity contribution in [3.05, 3.63) is 18.7 Å². The average Bonchev–Trinajstić information content (AvgIpc) is 3.14. The van der Waals surface area contributed by atoms with Crippen molar-refractivity contribution in [1.29, 1.82) is 0 Å². The van der Waals surface area contributed by atoms with Gasteiger partial charge in [0.05, 0.1) is 33.2 Å². The van der Waals surface area contributed by atoms with Gasteiger partial charge in [-0.2, -0.15) is 0 Å². The molecule has 0 aliphatic heterocycles. The van der Waals surface area contributed by atoms with E-state index in [1.165, 1.54) is 4.90 Å². The molecule has 2 atom stereocenters. The van der Waals surface area contributed by atoms with E-state index in [0.29, 0.717) is 32.5 Å². The number of nitrogens with zero attached hydrogens (tertiary/aromatic N) is 2. The first-order chi connectivity index (χ1) is 14.9. The number of Topliss-reactive ketones (excluding diaryl/α,β-unsaturated/α-hetero) is 1. The zero-order chi connectivity index (χ0) is 22.9. The number of aryl methyl sites for hydroxylation is 2. The van der Waals surface area contributed by atoms with Crippen LogP contribution in [0.15, 0.2) is 18.7 Å². The monoisotopic (exact) mass is 440 g/mol. The Morgan fingerprint density at radius 1 is 1.13 bits per heavy atom. The summed E-state index contributed by atoms with van der Waals surface area (Å²) < 4.78 is 4.18. The van der Waals surface area contributed by atoms with Crippen molar-refractivity contribution in [2.24, 2.45) is 7.05 Å². The van der Waals surface area contributed by atoms with Gasteiger partial charge in [0.15, 0.2) is 0 Å². The topological polar surface area (TPSA) is 104 Å². The Kier molecular flexibility index (Phi) is 14.8. The Balaban J connectivity index is 2.17. The van der Waals surface area contributed by atoms with Gasteiger partial charge in [0.2, 0.25) is 12.2 Å². The van der Waals surface area contributed by atoms with Gasteiger partial charge in [-0.05, 0) is 39.8 Å². The van der Waals surface area contributed by atoms with Crippen molar-refractivity contribution in [3.8, 4) is 0 Å². The molecule has 5 N–H and O–H groups in total. The summed E-state index contributed by atoms with van der Waals surface area (Å²) in [5.41, 5.74) is 0. The maximum atomic E-state index is 11.9. The van der Waals surface area contributed by atoms with Gasteiger partial charge in [-0.25, -0.2) is 9.13 Å². The number of aliphatic hydroxyl groups is 1. The lowest BCUT2D eigenvalue weighted by molar-refractivity contribution is -0.900. The summed E-state index contributed by atoms with van der Waals surface area (Å²) in [5.74, 6) is 0.210. The van der Waals surface area contributed by atoms with Crippen molar-refractivity contribution >= 4 is 11.7 Å². The second kappa shape index (κ2) is 16.8. The second-order valence-electron chi connectivity index (χ2n) is 8.35. The predicted octanol–water partition coefficient (Wildman–Crippen LogP) is -1.98. The third-order valence-electron chi connectivity index (χ3n) is 5.21.